The molecule has 0 heterocycles. The van der Waals surface area contributed by atoms with Crippen LogP contribution in [-0.4, -0.2) is 17.7 Å². The van der Waals surface area contributed by atoms with E-state index in [2.05, 4.69) is 22.6 Å². The molecule has 14 heavy (non-hydrogen) atoms. The second-order valence-corrected chi connectivity index (χ2v) is 5.11. The van der Waals surface area contributed by atoms with Gasteiger partial charge in [-0.2, -0.15) is 0 Å². The monoisotopic (exact) mass is 322 g/mol. The zero-order valence-corrected chi connectivity index (χ0v) is 10.4. The Kier molecular flexibility index (Phi) is 4.70. The summed E-state index contributed by atoms with van der Waals surface area (Å²) in [6.07, 6.45) is 0. The fourth-order valence-corrected chi connectivity index (χ4v) is 2.02. The normalized spacial score (nSPS) is 12.4. The summed E-state index contributed by atoms with van der Waals surface area (Å²) in [6.45, 7) is 0. The number of nitrogens with two attached hydrogens (primary N) is 2. The number of amides is 1. The van der Waals surface area contributed by atoms with E-state index < -0.39 is 11.9 Å². The van der Waals surface area contributed by atoms with Crippen molar-refractivity contribution in [3.63, 3.8) is 0 Å². The Morgan fingerprint density at radius 3 is 2.50 bits per heavy atom. The number of benzene rings is 1. The Labute approximate surface area is 101 Å². The van der Waals surface area contributed by atoms with Gasteiger partial charge in [0.15, 0.2) is 0 Å². The van der Waals surface area contributed by atoms with Crippen molar-refractivity contribution < 1.29 is 4.79 Å². The Morgan fingerprint density at radius 1 is 1.43 bits per heavy atom. The molecule has 1 atom stereocenters. The summed E-state index contributed by atoms with van der Waals surface area (Å²) in [5.41, 5.74) is 10.5. The van der Waals surface area contributed by atoms with Crippen molar-refractivity contribution in [2.45, 2.75) is 10.9 Å². The number of rotatable bonds is 4. The van der Waals surface area contributed by atoms with Gasteiger partial charge >= 0.3 is 0 Å². The molecule has 0 aromatic heterocycles. The van der Waals surface area contributed by atoms with Gasteiger partial charge in [0.05, 0.1) is 6.04 Å². The van der Waals surface area contributed by atoms with Crippen molar-refractivity contribution >= 4 is 40.3 Å². The summed E-state index contributed by atoms with van der Waals surface area (Å²) in [6, 6.07) is 7.46. The van der Waals surface area contributed by atoms with Crippen molar-refractivity contribution in [2.24, 2.45) is 11.5 Å². The number of primary amides is 1. The van der Waals surface area contributed by atoms with Crippen LogP contribution in [-0.2, 0) is 4.79 Å². The topological polar surface area (TPSA) is 69.1 Å². The van der Waals surface area contributed by atoms with Crippen LogP contribution in [0.4, 0.5) is 0 Å². The standard InChI is InChI=1S/C9H11IN2OS/c10-6-1-3-7(4-2-6)14-5-8(11)9(12)13/h1-4,8H,5,11H2,(H2,12,13)/t8-/m0/s1. The Bertz CT molecular complexity index is 315. The number of carbonyl (C=O) groups is 1. The first-order valence-corrected chi connectivity index (χ1v) is 6.09. The summed E-state index contributed by atoms with van der Waals surface area (Å²) in [7, 11) is 0. The molecule has 5 heteroatoms. The van der Waals surface area contributed by atoms with Crippen molar-refractivity contribution in [3.8, 4) is 0 Å². The van der Waals surface area contributed by atoms with Crippen LogP contribution in [0.2, 0.25) is 0 Å². The van der Waals surface area contributed by atoms with E-state index in [1.54, 1.807) is 0 Å². The molecule has 1 aromatic rings. The van der Waals surface area contributed by atoms with E-state index in [9.17, 15) is 4.79 Å². The number of carbonyl (C=O) groups excluding carboxylic acids is 1. The van der Waals surface area contributed by atoms with Gasteiger partial charge in [-0.3, -0.25) is 4.79 Å². The van der Waals surface area contributed by atoms with E-state index in [0.717, 1.165) is 4.90 Å². The van der Waals surface area contributed by atoms with Crippen LogP contribution in [0.25, 0.3) is 0 Å². The van der Waals surface area contributed by atoms with Gasteiger partial charge in [0.25, 0.3) is 0 Å². The lowest BCUT2D eigenvalue weighted by Crippen LogP contribution is -2.38. The average molecular weight is 322 g/mol. The molecule has 0 spiro atoms. The Balaban J connectivity index is 2.46. The minimum Gasteiger partial charge on any atom is -0.368 e. The predicted molar refractivity (Wildman–Crippen MR) is 67.1 cm³/mol. The molecule has 0 aliphatic rings. The van der Waals surface area contributed by atoms with Crippen LogP contribution >= 0.6 is 34.4 Å². The third kappa shape index (κ3) is 3.85. The molecular formula is C9H11IN2OS. The first-order valence-electron chi connectivity index (χ1n) is 4.03. The fraction of sp³-hybridized carbons (Fsp3) is 0.222. The molecule has 0 bridgehead atoms. The predicted octanol–water partition coefficient (Wildman–Crippen LogP) is 1.20. The molecule has 1 rings (SSSR count). The number of hydrogen-bond acceptors (Lipinski definition) is 3. The van der Waals surface area contributed by atoms with E-state index in [4.69, 9.17) is 11.5 Å². The van der Waals surface area contributed by atoms with Crippen molar-refractivity contribution in [2.75, 3.05) is 5.75 Å². The fourth-order valence-electron chi connectivity index (χ4n) is 0.799. The summed E-state index contributed by atoms with van der Waals surface area (Å²) in [5, 5.41) is 0. The van der Waals surface area contributed by atoms with E-state index >= 15 is 0 Å². The third-order valence-electron chi connectivity index (χ3n) is 1.61. The Morgan fingerprint density at radius 2 is 2.00 bits per heavy atom. The van der Waals surface area contributed by atoms with Crippen molar-refractivity contribution in [1.82, 2.24) is 0 Å². The zero-order valence-electron chi connectivity index (χ0n) is 7.44. The second-order valence-electron chi connectivity index (χ2n) is 2.77. The van der Waals surface area contributed by atoms with Crippen LogP contribution in [0.5, 0.6) is 0 Å². The molecule has 1 amide bonds. The van der Waals surface area contributed by atoms with Crippen LogP contribution in [0.3, 0.4) is 0 Å². The largest absolute Gasteiger partial charge is 0.368 e. The summed E-state index contributed by atoms with van der Waals surface area (Å²) in [4.78, 5) is 11.8. The molecule has 0 unspecified atom stereocenters. The average Bonchev–Trinajstić information content (AvgIpc) is 2.16. The third-order valence-corrected chi connectivity index (χ3v) is 3.46. The molecule has 3 nitrogen and oxygen atoms in total. The molecule has 0 fully saturated rings. The van der Waals surface area contributed by atoms with E-state index in [0.29, 0.717) is 5.75 Å². The minimum atomic E-state index is -0.570. The highest BCUT2D eigenvalue weighted by Gasteiger charge is 2.08. The van der Waals surface area contributed by atoms with E-state index in [1.807, 2.05) is 24.3 Å². The maximum absolute atomic E-state index is 10.7. The zero-order chi connectivity index (χ0) is 10.6. The molecule has 0 aliphatic carbocycles. The SMILES string of the molecule is NC(=O)[C@@H](N)CSc1ccc(I)cc1. The molecule has 76 valence electrons. The molecule has 0 saturated carbocycles. The number of hydrogen-bond donors (Lipinski definition) is 2. The molecule has 4 N–H and O–H groups in total. The molecular weight excluding hydrogens is 311 g/mol. The van der Waals surface area contributed by atoms with E-state index in [-0.39, 0.29) is 0 Å². The van der Waals surface area contributed by atoms with E-state index in [1.165, 1.54) is 15.3 Å². The smallest absolute Gasteiger partial charge is 0.235 e. The summed E-state index contributed by atoms with van der Waals surface area (Å²) >= 11 is 3.78. The quantitative estimate of drug-likeness (QED) is 0.646. The van der Waals surface area contributed by atoms with Crippen LogP contribution in [0.1, 0.15) is 0 Å². The van der Waals surface area contributed by atoms with Crippen LogP contribution < -0.4 is 11.5 Å². The Hall–Kier alpha value is -0.270. The van der Waals surface area contributed by atoms with Gasteiger partial charge in [-0.1, -0.05) is 0 Å². The lowest BCUT2D eigenvalue weighted by atomic mass is 10.3. The molecule has 0 radical (unpaired) electrons. The molecule has 0 aliphatic heterocycles. The van der Waals surface area contributed by atoms with Gasteiger partial charge in [-0.15, -0.1) is 11.8 Å². The van der Waals surface area contributed by atoms with Gasteiger partial charge in [0.1, 0.15) is 0 Å². The van der Waals surface area contributed by atoms with Crippen molar-refractivity contribution in [3.05, 3.63) is 27.8 Å². The summed E-state index contributed by atoms with van der Waals surface area (Å²) < 4.78 is 1.19. The highest BCUT2D eigenvalue weighted by Crippen LogP contribution is 2.19. The van der Waals surface area contributed by atoms with Gasteiger partial charge in [-0.05, 0) is 46.9 Å². The molecule has 1 aromatic carbocycles. The highest BCUT2D eigenvalue weighted by molar-refractivity contribution is 14.1. The lowest BCUT2D eigenvalue weighted by Gasteiger charge is -2.06. The highest BCUT2D eigenvalue weighted by atomic mass is 127. The second kappa shape index (κ2) is 5.57. The van der Waals surface area contributed by atoms with Gasteiger partial charge in [0, 0.05) is 14.2 Å². The van der Waals surface area contributed by atoms with Crippen LogP contribution in [0, 0.1) is 3.57 Å². The summed E-state index contributed by atoms with van der Waals surface area (Å²) in [5.74, 6) is 0.0682. The molecule has 0 saturated heterocycles. The maximum Gasteiger partial charge on any atom is 0.235 e. The van der Waals surface area contributed by atoms with Gasteiger partial charge in [-0.25, -0.2) is 0 Å². The number of thioether (sulfide) groups is 1. The van der Waals surface area contributed by atoms with Crippen LogP contribution in [0.15, 0.2) is 29.2 Å². The van der Waals surface area contributed by atoms with Crippen molar-refractivity contribution in [1.29, 1.82) is 0 Å². The maximum atomic E-state index is 10.7. The number of halogens is 1. The minimum absolute atomic E-state index is 0.456. The lowest BCUT2D eigenvalue weighted by molar-refractivity contribution is -0.118. The van der Waals surface area contributed by atoms with Gasteiger partial charge in [0.2, 0.25) is 5.91 Å². The first-order chi connectivity index (χ1) is 6.59. The van der Waals surface area contributed by atoms with Gasteiger partial charge < -0.3 is 11.5 Å². The first kappa shape index (κ1) is 11.8.